The van der Waals surface area contributed by atoms with Crippen molar-refractivity contribution in [1.29, 1.82) is 0 Å². The maximum absolute atomic E-state index is 10.4. The first-order valence-corrected chi connectivity index (χ1v) is 7.35. The molecular weight excluding hydrogens is 268 g/mol. The van der Waals surface area contributed by atoms with Crippen molar-refractivity contribution in [2.75, 3.05) is 13.2 Å². The van der Waals surface area contributed by atoms with Crippen LogP contribution in [0.15, 0.2) is 30.6 Å². The molecule has 1 aliphatic rings. The molecule has 0 bridgehead atoms. The summed E-state index contributed by atoms with van der Waals surface area (Å²) in [4.78, 5) is 4.30. The van der Waals surface area contributed by atoms with E-state index in [2.05, 4.69) is 11.9 Å². The summed E-state index contributed by atoms with van der Waals surface area (Å²) in [5.74, 6) is 2.35. The van der Waals surface area contributed by atoms with E-state index < -0.39 is 6.10 Å². The lowest BCUT2D eigenvalue weighted by Gasteiger charge is -2.14. The van der Waals surface area contributed by atoms with Gasteiger partial charge in [-0.3, -0.25) is 0 Å². The molecule has 3 rings (SSSR count). The minimum Gasteiger partial charge on any atom is -0.490 e. The molecule has 1 atom stereocenters. The second kappa shape index (κ2) is 6.18. The summed E-state index contributed by atoms with van der Waals surface area (Å²) in [6.07, 6.45) is 4.45. The van der Waals surface area contributed by atoms with Crippen LogP contribution in [0.3, 0.4) is 0 Å². The summed E-state index contributed by atoms with van der Waals surface area (Å²) >= 11 is 0. The molecule has 1 aromatic carbocycles. The van der Waals surface area contributed by atoms with E-state index in [1.807, 2.05) is 29.0 Å². The highest BCUT2D eigenvalue weighted by Crippen LogP contribution is 2.32. The van der Waals surface area contributed by atoms with Gasteiger partial charge in [0.2, 0.25) is 0 Å². The Morgan fingerprint density at radius 3 is 2.90 bits per heavy atom. The first-order valence-electron chi connectivity index (χ1n) is 7.35. The van der Waals surface area contributed by atoms with Crippen molar-refractivity contribution in [2.24, 2.45) is 0 Å². The van der Waals surface area contributed by atoms with Gasteiger partial charge in [0.25, 0.3) is 0 Å². The average Bonchev–Trinajstić information content (AvgIpc) is 2.81. The van der Waals surface area contributed by atoms with Crippen molar-refractivity contribution in [2.45, 2.75) is 32.4 Å². The number of nitrogens with zero attached hydrogens (tertiary/aromatic N) is 2. The van der Waals surface area contributed by atoms with Crippen LogP contribution < -0.4 is 9.47 Å². The van der Waals surface area contributed by atoms with Gasteiger partial charge >= 0.3 is 0 Å². The summed E-state index contributed by atoms with van der Waals surface area (Å²) in [7, 11) is 0. The molecule has 112 valence electrons. The smallest absolute Gasteiger partial charge is 0.161 e. The van der Waals surface area contributed by atoms with Crippen LogP contribution in [0.25, 0.3) is 0 Å². The number of aromatic nitrogens is 2. The molecule has 21 heavy (non-hydrogen) atoms. The van der Waals surface area contributed by atoms with E-state index in [0.717, 1.165) is 30.1 Å². The van der Waals surface area contributed by atoms with E-state index >= 15 is 0 Å². The normalized spacial score (nSPS) is 15.5. The number of aliphatic hydroxyl groups is 1. The van der Waals surface area contributed by atoms with Gasteiger partial charge in [-0.2, -0.15) is 0 Å². The highest BCUT2D eigenvalue weighted by Gasteiger charge is 2.16. The number of imidazole rings is 1. The van der Waals surface area contributed by atoms with Gasteiger partial charge in [-0.1, -0.05) is 6.07 Å². The molecule has 0 saturated heterocycles. The Hall–Kier alpha value is -2.01. The molecule has 5 heteroatoms. The number of hydrogen-bond donors (Lipinski definition) is 1. The van der Waals surface area contributed by atoms with Crippen LogP contribution in [-0.2, 0) is 13.0 Å². The molecule has 1 aromatic heterocycles. The van der Waals surface area contributed by atoms with Crippen LogP contribution in [0.2, 0.25) is 0 Å². The fourth-order valence-corrected chi connectivity index (χ4v) is 2.50. The average molecular weight is 288 g/mol. The Morgan fingerprint density at radius 1 is 1.29 bits per heavy atom. The number of benzene rings is 1. The predicted octanol–water partition coefficient (Wildman–Crippen LogP) is 2.34. The Kier molecular flexibility index (Phi) is 4.10. The standard InChI is InChI=1S/C16H20N2O3/c1-2-18-7-6-17-16(18)11-13(19)12-4-5-14-15(10-12)21-9-3-8-20-14/h4-7,10,13,19H,2-3,8-9,11H2,1H3. The van der Waals surface area contributed by atoms with Gasteiger partial charge in [-0.15, -0.1) is 0 Å². The molecule has 0 aliphatic carbocycles. The van der Waals surface area contributed by atoms with Crippen LogP contribution in [0.1, 0.15) is 30.8 Å². The molecular formula is C16H20N2O3. The molecule has 0 radical (unpaired) electrons. The van der Waals surface area contributed by atoms with Crippen molar-refractivity contribution in [1.82, 2.24) is 9.55 Å². The maximum Gasteiger partial charge on any atom is 0.161 e. The predicted molar refractivity (Wildman–Crippen MR) is 78.6 cm³/mol. The Balaban J connectivity index is 1.78. The summed E-state index contributed by atoms with van der Waals surface area (Å²) in [6.45, 7) is 4.23. The fourth-order valence-electron chi connectivity index (χ4n) is 2.50. The highest BCUT2D eigenvalue weighted by atomic mass is 16.5. The second-order valence-electron chi connectivity index (χ2n) is 5.11. The quantitative estimate of drug-likeness (QED) is 0.938. The van der Waals surface area contributed by atoms with Crippen LogP contribution in [0.5, 0.6) is 11.5 Å². The molecule has 0 saturated carbocycles. The molecule has 0 spiro atoms. The molecule has 5 nitrogen and oxygen atoms in total. The molecule has 0 fully saturated rings. The summed E-state index contributed by atoms with van der Waals surface area (Å²) in [6, 6.07) is 5.62. The highest BCUT2D eigenvalue weighted by molar-refractivity contribution is 5.44. The third-order valence-electron chi connectivity index (χ3n) is 3.67. The van der Waals surface area contributed by atoms with Gasteiger partial charge < -0.3 is 19.1 Å². The van der Waals surface area contributed by atoms with Gasteiger partial charge in [0.05, 0.1) is 19.3 Å². The van der Waals surface area contributed by atoms with Gasteiger partial charge in [0, 0.05) is 31.8 Å². The van der Waals surface area contributed by atoms with Crippen LogP contribution >= 0.6 is 0 Å². The third-order valence-corrected chi connectivity index (χ3v) is 3.67. The lowest BCUT2D eigenvalue weighted by atomic mass is 10.1. The number of ether oxygens (including phenoxy) is 2. The number of aliphatic hydroxyl groups excluding tert-OH is 1. The first-order chi connectivity index (χ1) is 10.3. The van der Waals surface area contributed by atoms with E-state index in [0.29, 0.717) is 25.4 Å². The number of rotatable bonds is 4. The zero-order valence-electron chi connectivity index (χ0n) is 12.2. The summed E-state index contributed by atoms with van der Waals surface area (Å²) < 4.78 is 13.3. The van der Waals surface area contributed by atoms with Crippen LogP contribution in [-0.4, -0.2) is 27.9 Å². The van der Waals surface area contributed by atoms with Gasteiger partial charge in [-0.25, -0.2) is 4.98 Å². The molecule has 1 unspecified atom stereocenters. The largest absolute Gasteiger partial charge is 0.490 e. The van der Waals surface area contributed by atoms with Crippen molar-refractivity contribution in [3.8, 4) is 11.5 Å². The summed E-state index contributed by atoms with van der Waals surface area (Å²) in [5, 5.41) is 10.4. The van der Waals surface area contributed by atoms with E-state index in [9.17, 15) is 5.11 Å². The monoisotopic (exact) mass is 288 g/mol. The summed E-state index contributed by atoms with van der Waals surface area (Å²) in [5.41, 5.74) is 0.824. The van der Waals surface area contributed by atoms with E-state index in [4.69, 9.17) is 9.47 Å². The zero-order valence-corrected chi connectivity index (χ0v) is 12.2. The Labute approximate surface area is 124 Å². The number of aryl methyl sites for hydroxylation is 1. The molecule has 1 N–H and O–H groups in total. The lowest BCUT2D eigenvalue weighted by molar-refractivity contribution is 0.174. The Morgan fingerprint density at radius 2 is 2.10 bits per heavy atom. The van der Waals surface area contributed by atoms with Crippen molar-refractivity contribution in [3.63, 3.8) is 0 Å². The SMILES string of the molecule is CCn1ccnc1CC(O)c1ccc2c(c1)OCCCO2. The topological polar surface area (TPSA) is 56.5 Å². The van der Waals surface area contributed by atoms with E-state index in [1.54, 1.807) is 6.20 Å². The minimum atomic E-state index is -0.602. The van der Waals surface area contributed by atoms with Gasteiger partial charge in [0.1, 0.15) is 5.82 Å². The molecule has 1 aliphatic heterocycles. The van der Waals surface area contributed by atoms with E-state index in [1.165, 1.54) is 0 Å². The molecule has 0 amide bonds. The van der Waals surface area contributed by atoms with Crippen molar-refractivity contribution in [3.05, 3.63) is 42.0 Å². The van der Waals surface area contributed by atoms with Crippen molar-refractivity contribution >= 4 is 0 Å². The maximum atomic E-state index is 10.4. The van der Waals surface area contributed by atoms with E-state index in [-0.39, 0.29) is 0 Å². The van der Waals surface area contributed by atoms with Gasteiger partial charge in [-0.05, 0) is 24.6 Å². The van der Waals surface area contributed by atoms with Crippen LogP contribution in [0, 0.1) is 0 Å². The minimum absolute atomic E-state index is 0.487. The fraction of sp³-hybridized carbons (Fsp3) is 0.438. The lowest BCUT2D eigenvalue weighted by Crippen LogP contribution is -2.08. The third kappa shape index (κ3) is 3.03. The molecule has 2 heterocycles. The number of hydrogen-bond acceptors (Lipinski definition) is 4. The zero-order chi connectivity index (χ0) is 14.7. The van der Waals surface area contributed by atoms with Crippen molar-refractivity contribution < 1.29 is 14.6 Å². The second-order valence-corrected chi connectivity index (χ2v) is 5.11. The molecule has 2 aromatic rings. The first kappa shape index (κ1) is 13.9. The number of fused-ring (bicyclic) bond motifs is 1. The Bertz CT molecular complexity index is 609. The van der Waals surface area contributed by atoms with Crippen LogP contribution in [0.4, 0.5) is 0 Å². The van der Waals surface area contributed by atoms with Gasteiger partial charge in [0.15, 0.2) is 11.5 Å².